The Bertz CT molecular complexity index is 1470. The molecule has 1 aromatic heterocycles. The number of nitrogens with one attached hydrogen (secondary N) is 5. The summed E-state index contributed by atoms with van der Waals surface area (Å²) in [7, 11) is 1.63. The van der Waals surface area contributed by atoms with Crippen LogP contribution < -0.4 is 26.6 Å². The van der Waals surface area contributed by atoms with Gasteiger partial charge in [-0.25, -0.2) is 0 Å². The maximum Gasteiger partial charge on any atom is 0.269 e. The van der Waals surface area contributed by atoms with Crippen molar-refractivity contribution in [1.29, 1.82) is 0 Å². The fourth-order valence-corrected chi connectivity index (χ4v) is 6.26. The molecule has 6 atom stereocenters. The van der Waals surface area contributed by atoms with Gasteiger partial charge in [-0.1, -0.05) is 44.2 Å². The van der Waals surface area contributed by atoms with Crippen molar-refractivity contribution < 1.29 is 28.8 Å². The Labute approximate surface area is 278 Å². The van der Waals surface area contributed by atoms with Gasteiger partial charge in [0.2, 0.25) is 29.5 Å². The molecule has 2 aromatic rings. The van der Waals surface area contributed by atoms with Gasteiger partial charge in [-0.05, 0) is 49.3 Å². The van der Waals surface area contributed by atoms with Crippen LogP contribution in [0.3, 0.4) is 0 Å². The van der Waals surface area contributed by atoms with Crippen LogP contribution in [0.2, 0.25) is 0 Å². The zero-order chi connectivity index (χ0) is 34.2. The Hall–Kier alpha value is -4.40. The third-order valence-electron chi connectivity index (χ3n) is 8.43. The molecule has 2 fully saturated rings. The fraction of sp³-hybridized carbons (Fsp3) is 0.531. The molecule has 47 heavy (non-hydrogen) atoms. The molecule has 2 saturated heterocycles. The number of thioether (sulfide) groups is 1. The summed E-state index contributed by atoms with van der Waals surface area (Å²) in [4.78, 5) is 82.7. The number of hydrogen-bond acceptors (Lipinski definition) is 8. The minimum absolute atomic E-state index is 0.00288. The van der Waals surface area contributed by atoms with E-state index in [2.05, 4.69) is 31.7 Å². The molecular weight excluding hydrogens is 624 g/mol. The first-order valence-electron chi connectivity index (χ1n) is 15.7. The number of aryl methyl sites for hydroxylation is 1. The highest BCUT2D eigenvalue weighted by molar-refractivity contribution is 7.98. The summed E-state index contributed by atoms with van der Waals surface area (Å²) >= 11 is 1.51. The van der Waals surface area contributed by atoms with Crippen LogP contribution in [0.1, 0.15) is 62.1 Å². The third-order valence-corrected chi connectivity index (χ3v) is 9.07. The molecule has 14 nitrogen and oxygen atoms in total. The summed E-state index contributed by atoms with van der Waals surface area (Å²) in [6.07, 6.45) is 3.63. The standard InChI is InChI=1S/C32H44N8O6S/c1-18(2)27-32(46)40-17-21(35-30(44)24-11-13-33-39(24)4)15-25(40)31(45)34-19(3)28(42)37-23(20-9-7-6-8-10-20)16-26(41)36-22(12-14-47-5)29(43)38-27/h6-11,13,18-19,21-23,25,27H,12,14-17H2,1-5H3,(H,34,45)(H,35,44)(H,36,41)(H,37,42)(H,38,43)/t19-,21-,22-,23-,25-,27-/m0/s1. The number of carbonyl (C=O) groups excluding carboxylic acids is 6. The number of fused-ring (bicyclic) bond motifs is 1. The van der Waals surface area contributed by atoms with Crippen molar-refractivity contribution in [2.45, 2.75) is 76.3 Å². The molecule has 0 saturated carbocycles. The Balaban J connectivity index is 1.68. The van der Waals surface area contributed by atoms with Gasteiger partial charge in [-0.2, -0.15) is 16.9 Å². The van der Waals surface area contributed by atoms with E-state index >= 15 is 0 Å². The van der Waals surface area contributed by atoms with Crippen molar-refractivity contribution >= 4 is 47.2 Å². The van der Waals surface area contributed by atoms with Crippen LogP contribution in [-0.2, 0) is 31.0 Å². The highest BCUT2D eigenvalue weighted by atomic mass is 32.2. The summed E-state index contributed by atoms with van der Waals surface area (Å²) in [6.45, 7) is 5.08. The smallest absolute Gasteiger partial charge is 0.269 e. The number of carbonyl (C=O) groups is 6. The molecule has 3 heterocycles. The van der Waals surface area contributed by atoms with Crippen LogP contribution in [0.15, 0.2) is 42.6 Å². The van der Waals surface area contributed by atoms with E-state index in [-0.39, 0.29) is 25.3 Å². The van der Waals surface area contributed by atoms with E-state index in [1.54, 1.807) is 51.2 Å². The number of benzene rings is 1. The van der Waals surface area contributed by atoms with Crippen LogP contribution in [0.5, 0.6) is 0 Å². The molecule has 254 valence electrons. The second-order valence-electron chi connectivity index (χ2n) is 12.3. The van der Waals surface area contributed by atoms with Gasteiger partial charge in [-0.15, -0.1) is 0 Å². The van der Waals surface area contributed by atoms with Gasteiger partial charge in [0.05, 0.1) is 12.5 Å². The SMILES string of the molecule is CSCC[C@@H]1NC(=O)C[C@@H](c2ccccc2)NC(=O)[C@H](C)NC(=O)[C@@H]2C[C@H](NC(=O)c3ccnn3C)CN2C(=O)[C@H](C(C)C)NC1=O. The van der Waals surface area contributed by atoms with Crippen LogP contribution in [0, 0.1) is 5.92 Å². The van der Waals surface area contributed by atoms with Gasteiger partial charge in [-0.3, -0.25) is 33.4 Å². The monoisotopic (exact) mass is 668 g/mol. The molecule has 5 N–H and O–H groups in total. The van der Waals surface area contributed by atoms with E-state index in [1.165, 1.54) is 34.5 Å². The van der Waals surface area contributed by atoms with E-state index < -0.39 is 71.7 Å². The first-order chi connectivity index (χ1) is 22.4. The minimum Gasteiger partial charge on any atom is -0.347 e. The Morgan fingerprint density at radius 2 is 1.72 bits per heavy atom. The van der Waals surface area contributed by atoms with E-state index in [0.29, 0.717) is 23.4 Å². The summed E-state index contributed by atoms with van der Waals surface area (Å²) < 4.78 is 1.42. The maximum absolute atomic E-state index is 14.1. The summed E-state index contributed by atoms with van der Waals surface area (Å²) in [5.41, 5.74) is 0.991. The molecule has 1 aromatic carbocycles. The predicted octanol–water partition coefficient (Wildman–Crippen LogP) is 0.264. The maximum atomic E-state index is 14.1. The number of nitrogens with zero attached hydrogens (tertiary/aromatic N) is 3. The van der Waals surface area contributed by atoms with Crippen molar-refractivity contribution in [3.63, 3.8) is 0 Å². The lowest BCUT2D eigenvalue weighted by molar-refractivity contribution is -0.143. The highest BCUT2D eigenvalue weighted by Gasteiger charge is 2.44. The van der Waals surface area contributed by atoms with Crippen molar-refractivity contribution in [1.82, 2.24) is 41.3 Å². The van der Waals surface area contributed by atoms with Gasteiger partial charge in [0, 0.05) is 25.8 Å². The van der Waals surface area contributed by atoms with Crippen LogP contribution in [0.25, 0.3) is 0 Å². The van der Waals surface area contributed by atoms with E-state index in [9.17, 15) is 28.8 Å². The third kappa shape index (κ3) is 8.90. The van der Waals surface area contributed by atoms with Gasteiger partial charge in [0.25, 0.3) is 5.91 Å². The molecule has 2 aliphatic heterocycles. The Morgan fingerprint density at radius 3 is 2.36 bits per heavy atom. The number of aromatic nitrogens is 2. The lowest BCUT2D eigenvalue weighted by atomic mass is 10.0. The topological polar surface area (TPSA) is 184 Å². The first-order valence-corrected chi connectivity index (χ1v) is 17.1. The molecule has 2 aliphatic rings. The molecule has 0 radical (unpaired) electrons. The molecule has 0 spiro atoms. The molecule has 6 amide bonds. The highest BCUT2D eigenvalue weighted by Crippen LogP contribution is 2.23. The van der Waals surface area contributed by atoms with Crippen LogP contribution in [0.4, 0.5) is 0 Å². The van der Waals surface area contributed by atoms with Gasteiger partial charge in [0.15, 0.2) is 0 Å². The lowest BCUT2D eigenvalue weighted by Crippen LogP contribution is -2.59. The van der Waals surface area contributed by atoms with Crippen molar-refractivity contribution in [3.8, 4) is 0 Å². The van der Waals surface area contributed by atoms with Crippen molar-refractivity contribution in [2.24, 2.45) is 13.0 Å². The minimum atomic E-state index is -1.03. The predicted molar refractivity (Wildman–Crippen MR) is 176 cm³/mol. The molecule has 0 bridgehead atoms. The largest absolute Gasteiger partial charge is 0.347 e. The molecule has 0 aliphatic carbocycles. The lowest BCUT2D eigenvalue weighted by Gasteiger charge is -2.32. The summed E-state index contributed by atoms with van der Waals surface area (Å²) in [5.74, 6) is -2.81. The first kappa shape index (κ1) is 35.5. The Morgan fingerprint density at radius 1 is 1.00 bits per heavy atom. The molecular formula is C32H44N8O6S. The molecule has 0 unspecified atom stereocenters. The van der Waals surface area contributed by atoms with E-state index in [4.69, 9.17) is 0 Å². The van der Waals surface area contributed by atoms with E-state index in [0.717, 1.165) is 0 Å². The summed E-state index contributed by atoms with van der Waals surface area (Å²) in [6, 6.07) is 5.19. The zero-order valence-corrected chi connectivity index (χ0v) is 28.1. The quantitative estimate of drug-likeness (QED) is 0.278. The number of hydrogen-bond donors (Lipinski definition) is 5. The van der Waals surface area contributed by atoms with Gasteiger partial charge >= 0.3 is 0 Å². The van der Waals surface area contributed by atoms with Gasteiger partial charge < -0.3 is 31.5 Å². The summed E-state index contributed by atoms with van der Waals surface area (Å²) in [5, 5.41) is 18.2. The normalized spacial score (nSPS) is 26.3. The average molecular weight is 669 g/mol. The number of amides is 6. The second kappa shape index (κ2) is 15.9. The molecule has 15 heteroatoms. The average Bonchev–Trinajstić information content (AvgIpc) is 3.67. The number of rotatable bonds is 7. The molecule has 4 rings (SSSR count). The van der Waals surface area contributed by atoms with Crippen LogP contribution in [-0.4, -0.2) is 98.9 Å². The van der Waals surface area contributed by atoms with Gasteiger partial charge in [0.1, 0.15) is 29.9 Å². The Kier molecular flexibility index (Phi) is 12.0. The second-order valence-corrected chi connectivity index (χ2v) is 13.3. The zero-order valence-electron chi connectivity index (χ0n) is 27.3. The van der Waals surface area contributed by atoms with Crippen LogP contribution >= 0.6 is 11.8 Å². The van der Waals surface area contributed by atoms with Crippen molar-refractivity contribution in [2.75, 3.05) is 18.6 Å². The fourth-order valence-electron chi connectivity index (χ4n) is 5.79. The van der Waals surface area contributed by atoms with Crippen molar-refractivity contribution in [3.05, 3.63) is 53.9 Å². The van der Waals surface area contributed by atoms with E-state index in [1.807, 2.05) is 12.3 Å².